The van der Waals surface area contributed by atoms with Crippen LogP contribution in [0.25, 0.3) is 10.9 Å². The van der Waals surface area contributed by atoms with Crippen LogP contribution >= 0.6 is 11.6 Å². The SMILES string of the molecule is O=c1c2c(Cl)c(O)c(O)cc2ncn1CCn1cccc1. The molecule has 0 bridgehead atoms. The van der Waals surface area contributed by atoms with Crippen molar-refractivity contribution in [3.8, 4) is 11.5 Å². The summed E-state index contributed by atoms with van der Waals surface area (Å²) in [5.41, 5.74) is -0.107. The summed E-state index contributed by atoms with van der Waals surface area (Å²) in [6.07, 6.45) is 5.20. The molecule has 3 aromatic rings. The lowest BCUT2D eigenvalue weighted by molar-refractivity contribution is 0.405. The van der Waals surface area contributed by atoms with Crippen LogP contribution in [0.5, 0.6) is 11.5 Å². The third-order valence-electron chi connectivity index (χ3n) is 3.28. The molecule has 0 saturated carbocycles. The van der Waals surface area contributed by atoms with Gasteiger partial charge in [-0.3, -0.25) is 9.36 Å². The highest BCUT2D eigenvalue weighted by Gasteiger charge is 2.15. The van der Waals surface area contributed by atoms with Crippen molar-refractivity contribution in [2.75, 3.05) is 0 Å². The molecule has 0 aliphatic rings. The van der Waals surface area contributed by atoms with Gasteiger partial charge in [-0.15, -0.1) is 0 Å². The van der Waals surface area contributed by atoms with E-state index in [9.17, 15) is 15.0 Å². The zero-order valence-corrected chi connectivity index (χ0v) is 11.7. The van der Waals surface area contributed by atoms with Gasteiger partial charge in [-0.2, -0.15) is 0 Å². The average Bonchev–Trinajstić information content (AvgIpc) is 2.97. The minimum absolute atomic E-state index is 0.0990. The number of aromatic hydroxyl groups is 2. The van der Waals surface area contributed by atoms with Crippen LogP contribution in [0.2, 0.25) is 5.02 Å². The molecule has 21 heavy (non-hydrogen) atoms. The fourth-order valence-corrected chi connectivity index (χ4v) is 2.42. The summed E-state index contributed by atoms with van der Waals surface area (Å²) < 4.78 is 3.36. The predicted octanol–water partition coefficient (Wildman–Crippen LogP) is 1.96. The number of hydrogen-bond donors (Lipinski definition) is 2. The first-order valence-electron chi connectivity index (χ1n) is 6.28. The fourth-order valence-electron chi connectivity index (χ4n) is 2.15. The van der Waals surface area contributed by atoms with Crippen LogP contribution in [0.15, 0.2) is 41.7 Å². The largest absolute Gasteiger partial charge is 0.504 e. The molecule has 7 heteroatoms. The lowest BCUT2D eigenvalue weighted by atomic mass is 10.2. The number of aromatic nitrogens is 3. The smallest absolute Gasteiger partial charge is 0.262 e. The first-order chi connectivity index (χ1) is 10.1. The molecule has 2 aromatic heterocycles. The molecule has 0 spiro atoms. The Bertz CT molecular complexity index is 856. The average molecular weight is 306 g/mol. The van der Waals surface area contributed by atoms with Crippen LogP contribution in [-0.4, -0.2) is 24.3 Å². The molecule has 2 heterocycles. The van der Waals surface area contributed by atoms with Crippen LogP contribution in [0.4, 0.5) is 0 Å². The second-order valence-electron chi connectivity index (χ2n) is 4.62. The van der Waals surface area contributed by atoms with Crippen molar-refractivity contribution < 1.29 is 10.2 Å². The van der Waals surface area contributed by atoms with Crippen LogP contribution in [0.1, 0.15) is 0 Å². The second kappa shape index (κ2) is 5.14. The minimum Gasteiger partial charge on any atom is -0.504 e. The van der Waals surface area contributed by atoms with Gasteiger partial charge in [0, 0.05) is 31.5 Å². The maximum absolute atomic E-state index is 12.4. The lowest BCUT2D eigenvalue weighted by Crippen LogP contribution is -2.23. The van der Waals surface area contributed by atoms with E-state index in [1.807, 2.05) is 29.1 Å². The fraction of sp³-hybridized carbons (Fsp3) is 0.143. The van der Waals surface area contributed by atoms with Gasteiger partial charge >= 0.3 is 0 Å². The van der Waals surface area contributed by atoms with Crippen molar-refractivity contribution in [2.24, 2.45) is 0 Å². The number of hydrogen-bond acceptors (Lipinski definition) is 4. The molecule has 0 radical (unpaired) electrons. The highest BCUT2D eigenvalue weighted by molar-refractivity contribution is 6.37. The summed E-state index contributed by atoms with van der Waals surface area (Å²) in [4.78, 5) is 16.5. The van der Waals surface area contributed by atoms with Gasteiger partial charge in [-0.05, 0) is 12.1 Å². The van der Waals surface area contributed by atoms with Gasteiger partial charge in [0.2, 0.25) is 0 Å². The van der Waals surface area contributed by atoms with Crippen molar-refractivity contribution in [1.29, 1.82) is 0 Å². The predicted molar refractivity (Wildman–Crippen MR) is 78.8 cm³/mol. The Morgan fingerprint density at radius 1 is 1.19 bits per heavy atom. The molecule has 0 atom stereocenters. The van der Waals surface area contributed by atoms with Crippen LogP contribution in [-0.2, 0) is 13.1 Å². The topological polar surface area (TPSA) is 80.3 Å². The number of aryl methyl sites for hydroxylation is 2. The van der Waals surface area contributed by atoms with Gasteiger partial charge in [0.25, 0.3) is 5.56 Å². The molecule has 2 N–H and O–H groups in total. The van der Waals surface area contributed by atoms with E-state index in [0.717, 1.165) is 0 Å². The Morgan fingerprint density at radius 3 is 2.62 bits per heavy atom. The van der Waals surface area contributed by atoms with Gasteiger partial charge in [-0.1, -0.05) is 11.6 Å². The van der Waals surface area contributed by atoms with Gasteiger partial charge in [0.05, 0.1) is 17.2 Å². The summed E-state index contributed by atoms with van der Waals surface area (Å²) in [6, 6.07) is 5.02. The third-order valence-corrected chi connectivity index (χ3v) is 3.64. The Hall–Kier alpha value is -2.47. The van der Waals surface area contributed by atoms with Crippen molar-refractivity contribution in [3.05, 3.63) is 52.3 Å². The van der Waals surface area contributed by atoms with Gasteiger partial charge < -0.3 is 14.8 Å². The Labute approximate surface area is 124 Å². The summed E-state index contributed by atoms with van der Waals surface area (Å²) >= 11 is 5.94. The molecule has 0 aliphatic heterocycles. The monoisotopic (exact) mass is 305 g/mol. The standard InChI is InChI=1S/C14H12ClN3O3/c15-12-11-9(7-10(19)13(12)20)16-8-18(14(11)21)6-5-17-3-1-2-4-17/h1-4,7-8,19-20H,5-6H2. The molecule has 6 nitrogen and oxygen atoms in total. The second-order valence-corrected chi connectivity index (χ2v) is 4.99. The number of rotatable bonds is 3. The summed E-state index contributed by atoms with van der Waals surface area (Å²) in [5, 5.41) is 19.1. The molecule has 0 aliphatic carbocycles. The van der Waals surface area contributed by atoms with E-state index >= 15 is 0 Å². The summed E-state index contributed by atoms with van der Waals surface area (Å²) in [6.45, 7) is 1.04. The van der Waals surface area contributed by atoms with Crippen LogP contribution < -0.4 is 5.56 Å². The number of halogens is 1. The number of phenols is 2. The first kappa shape index (κ1) is 13.5. The molecule has 3 rings (SSSR count). The van der Waals surface area contributed by atoms with Crippen LogP contribution in [0.3, 0.4) is 0 Å². The van der Waals surface area contributed by atoms with E-state index in [1.165, 1.54) is 17.0 Å². The first-order valence-corrected chi connectivity index (χ1v) is 6.66. The zero-order chi connectivity index (χ0) is 15.0. The molecule has 0 unspecified atom stereocenters. The minimum atomic E-state index is -0.508. The Morgan fingerprint density at radius 2 is 1.90 bits per heavy atom. The van der Waals surface area contributed by atoms with Crippen molar-refractivity contribution in [3.63, 3.8) is 0 Å². The maximum Gasteiger partial charge on any atom is 0.262 e. The zero-order valence-electron chi connectivity index (χ0n) is 10.9. The van der Waals surface area contributed by atoms with Gasteiger partial charge in [0.15, 0.2) is 11.5 Å². The van der Waals surface area contributed by atoms with E-state index in [2.05, 4.69) is 4.98 Å². The Balaban J connectivity index is 2.05. The van der Waals surface area contributed by atoms with Gasteiger partial charge in [0.1, 0.15) is 5.02 Å². The van der Waals surface area contributed by atoms with Crippen LogP contribution in [0, 0.1) is 0 Å². The number of nitrogens with zero attached hydrogens (tertiary/aromatic N) is 3. The van der Waals surface area contributed by atoms with E-state index in [4.69, 9.17) is 11.6 Å². The van der Waals surface area contributed by atoms with E-state index in [-0.39, 0.29) is 21.5 Å². The highest BCUT2D eigenvalue weighted by Crippen LogP contribution is 2.37. The molecule has 0 saturated heterocycles. The van der Waals surface area contributed by atoms with E-state index < -0.39 is 11.5 Å². The quantitative estimate of drug-likeness (QED) is 0.725. The van der Waals surface area contributed by atoms with Crippen molar-refractivity contribution in [1.82, 2.24) is 14.1 Å². The maximum atomic E-state index is 12.4. The molecule has 0 fully saturated rings. The van der Waals surface area contributed by atoms with E-state index in [1.54, 1.807) is 0 Å². The number of benzene rings is 1. The summed E-state index contributed by atoms with van der Waals surface area (Å²) in [5.74, 6) is -0.907. The molecular weight excluding hydrogens is 294 g/mol. The van der Waals surface area contributed by atoms with Gasteiger partial charge in [-0.25, -0.2) is 4.98 Å². The number of phenolic OH excluding ortho intramolecular Hbond substituents is 2. The van der Waals surface area contributed by atoms with Crippen molar-refractivity contribution in [2.45, 2.75) is 13.1 Å². The highest BCUT2D eigenvalue weighted by atomic mass is 35.5. The number of fused-ring (bicyclic) bond motifs is 1. The molecule has 0 amide bonds. The third kappa shape index (κ3) is 2.34. The molecular formula is C14H12ClN3O3. The molecule has 1 aromatic carbocycles. The van der Waals surface area contributed by atoms with E-state index in [0.29, 0.717) is 13.1 Å². The molecule has 108 valence electrons. The summed E-state index contributed by atoms with van der Waals surface area (Å²) in [7, 11) is 0. The lowest BCUT2D eigenvalue weighted by Gasteiger charge is -2.09. The Kier molecular flexibility index (Phi) is 3.31. The normalized spacial score (nSPS) is 11.1. The van der Waals surface area contributed by atoms with Crippen molar-refractivity contribution >= 4 is 22.5 Å².